The van der Waals surface area contributed by atoms with Crippen molar-refractivity contribution in [2.45, 2.75) is 30.1 Å². The molecule has 1 aliphatic carbocycles. The molecule has 1 unspecified atom stereocenters. The lowest BCUT2D eigenvalue weighted by molar-refractivity contribution is 0.0950. The van der Waals surface area contributed by atoms with Crippen molar-refractivity contribution in [1.29, 1.82) is 0 Å². The summed E-state index contributed by atoms with van der Waals surface area (Å²) in [5, 5.41) is 17.5. The van der Waals surface area contributed by atoms with Crippen LogP contribution in [0.15, 0.2) is 73.1 Å². The van der Waals surface area contributed by atoms with Gasteiger partial charge in [0.25, 0.3) is 5.91 Å². The number of para-hydroxylation sites is 1. The van der Waals surface area contributed by atoms with Crippen LogP contribution in [0.5, 0.6) is 5.75 Å². The third-order valence-corrected chi connectivity index (χ3v) is 7.34. The molecule has 4 aromatic rings. The summed E-state index contributed by atoms with van der Waals surface area (Å²) in [4.78, 5) is 16.8. The Labute approximate surface area is 224 Å². The van der Waals surface area contributed by atoms with Gasteiger partial charge in [0.1, 0.15) is 21.6 Å². The van der Waals surface area contributed by atoms with E-state index in [-0.39, 0.29) is 29.0 Å². The van der Waals surface area contributed by atoms with Gasteiger partial charge in [0.05, 0.1) is 5.56 Å². The van der Waals surface area contributed by atoms with Gasteiger partial charge in [-0.2, -0.15) is 5.10 Å². The van der Waals surface area contributed by atoms with Crippen LogP contribution in [0.25, 0.3) is 22.4 Å². The molecule has 0 saturated heterocycles. The van der Waals surface area contributed by atoms with Gasteiger partial charge in [0.15, 0.2) is 0 Å². The summed E-state index contributed by atoms with van der Waals surface area (Å²) in [5.74, 6) is -0.538. The Bertz CT molecular complexity index is 1420. The molecule has 1 saturated carbocycles. The van der Waals surface area contributed by atoms with Crippen LogP contribution >= 0.6 is 23.2 Å². The fraction of sp³-hybridized carbons (Fsp3) is 0.250. The summed E-state index contributed by atoms with van der Waals surface area (Å²) in [7, 11) is 0. The summed E-state index contributed by atoms with van der Waals surface area (Å²) in [6.45, 7) is 1.04. The van der Waals surface area contributed by atoms with Gasteiger partial charge in [-0.25, -0.2) is 4.39 Å². The Morgan fingerprint density at radius 1 is 1.14 bits per heavy atom. The first-order valence-electron chi connectivity index (χ1n) is 12.0. The highest BCUT2D eigenvalue weighted by Crippen LogP contribution is 2.54. The summed E-state index contributed by atoms with van der Waals surface area (Å²) in [5.41, 5.74) is 4.50. The Morgan fingerprint density at radius 3 is 2.62 bits per heavy atom. The Hall–Kier alpha value is -3.42. The molecule has 1 amide bonds. The molecule has 6 nitrogen and oxygen atoms in total. The summed E-state index contributed by atoms with van der Waals surface area (Å²) >= 11 is 12.5. The fourth-order valence-corrected chi connectivity index (χ4v) is 4.77. The van der Waals surface area contributed by atoms with Crippen molar-refractivity contribution in [1.82, 2.24) is 20.1 Å². The van der Waals surface area contributed by atoms with Gasteiger partial charge in [-0.15, -0.1) is 23.2 Å². The molecule has 2 aromatic carbocycles. The second-order valence-corrected chi connectivity index (χ2v) is 10.7. The number of rotatable bonds is 9. The van der Waals surface area contributed by atoms with E-state index in [0.29, 0.717) is 25.9 Å². The molecule has 190 valence electrons. The van der Waals surface area contributed by atoms with E-state index in [1.165, 1.54) is 18.2 Å². The van der Waals surface area contributed by atoms with Crippen LogP contribution in [0.2, 0.25) is 0 Å². The number of carbonyl (C=O) groups excluding carboxylic acids is 1. The van der Waals surface area contributed by atoms with Gasteiger partial charge in [-0.1, -0.05) is 12.1 Å². The van der Waals surface area contributed by atoms with Gasteiger partial charge in [0, 0.05) is 48.2 Å². The highest BCUT2D eigenvalue weighted by Gasteiger charge is 2.51. The van der Waals surface area contributed by atoms with E-state index in [0.717, 1.165) is 34.5 Å². The Kier molecular flexibility index (Phi) is 7.17. The number of nitrogens with one attached hydrogen (secondary N) is 1. The number of hydrogen-bond donors (Lipinski definition) is 2. The predicted molar refractivity (Wildman–Crippen MR) is 142 cm³/mol. The standard InChI is InChI=1S/C28H25Cl2FN4O2/c29-28(30)15-20(28)16-35-17-24(26(34-35)18-7-9-21(31)10-8-18)19-11-13-32-22(14-19)4-3-12-33-27(37)23-5-1-2-6-25(23)36/h1-2,5-11,13-14,17,20,36H,3-4,12,15-16H2,(H,33,37). The number of phenols is 1. The van der Waals surface area contributed by atoms with E-state index in [9.17, 15) is 14.3 Å². The van der Waals surface area contributed by atoms with Gasteiger partial charge in [0.2, 0.25) is 0 Å². The number of phenolic OH excluding ortho intramolecular Hbond substituents is 1. The first kappa shape index (κ1) is 25.2. The van der Waals surface area contributed by atoms with Crippen LogP contribution < -0.4 is 5.32 Å². The molecular weight excluding hydrogens is 514 g/mol. The normalized spacial score (nSPS) is 15.9. The molecule has 37 heavy (non-hydrogen) atoms. The second kappa shape index (κ2) is 10.5. The largest absolute Gasteiger partial charge is 0.507 e. The first-order chi connectivity index (χ1) is 17.8. The van der Waals surface area contributed by atoms with Crippen LogP contribution in [-0.2, 0) is 13.0 Å². The van der Waals surface area contributed by atoms with E-state index < -0.39 is 4.33 Å². The van der Waals surface area contributed by atoms with Crippen molar-refractivity contribution < 1.29 is 14.3 Å². The van der Waals surface area contributed by atoms with Crippen LogP contribution in [0, 0.1) is 11.7 Å². The number of nitrogens with zero attached hydrogens (tertiary/aromatic N) is 3. The zero-order valence-corrected chi connectivity index (χ0v) is 21.4. The number of aryl methyl sites for hydroxylation is 1. The average molecular weight is 539 g/mol. The van der Waals surface area contributed by atoms with Crippen LogP contribution in [-0.4, -0.2) is 36.7 Å². The fourth-order valence-electron chi connectivity index (χ4n) is 4.26. The van der Waals surface area contributed by atoms with E-state index in [1.54, 1.807) is 36.5 Å². The SMILES string of the molecule is O=C(NCCCc1cc(-c2cn(CC3CC3(Cl)Cl)nc2-c2ccc(F)cc2)ccn1)c1ccccc1O. The summed E-state index contributed by atoms with van der Waals surface area (Å²) < 4.78 is 14.7. The predicted octanol–water partition coefficient (Wildman–Crippen LogP) is 6.01. The smallest absolute Gasteiger partial charge is 0.255 e. The molecule has 0 spiro atoms. The molecule has 2 N–H and O–H groups in total. The number of halogens is 3. The topological polar surface area (TPSA) is 80.0 Å². The van der Waals surface area contributed by atoms with Crippen molar-refractivity contribution in [2.24, 2.45) is 5.92 Å². The molecular formula is C28H25Cl2FN4O2. The van der Waals surface area contributed by atoms with Crippen LogP contribution in [0.1, 0.15) is 28.9 Å². The minimum atomic E-state index is -0.708. The molecule has 1 atom stereocenters. The van der Waals surface area contributed by atoms with Crippen molar-refractivity contribution in [2.75, 3.05) is 6.54 Å². The van der Waals surface area contributed by atoms with Gasteiger partial charge >= 0.3 is 0 Å². The number of benzene rings is 2. The third-order valence-electron chi connectivity index (χ3n) is 6.41. The van der Waals surface area contributed by atoms with E-state index in [2.05, 4.69) is 10.3 Å². The molecule has 1 aliphatic rings. The van der Waals surface area contributed by atoms with Crippen molar-refractivity contribution >= 4 is 29.1 Å². The summed E-state index contributed by atoms with van der Waals surface area (Å²) in [6.07, 6.45) is 5.76. The van der Waals surface area contributed by atoms with Gasteiger partial charge in [-0.3, -0.25) is 14.5 Å². The van der Waals surface area contributed by atoms with Crippen LogP contribution in [0.4, 0.5) is 4.39 Å². The van der Waals surface area contributed by atoms with Crippen molar-refractivity contribution in [3.05, 3.63) is 90.1 Å². The molecule has 2 heterocycles. The Morgan fingerprint density at radius 2 is 1.89 bits per heavy atom. The quantitative estimate of drug-likeness (QED) is 0.202. The van der Waals surface area contributed by atoms with E-state index in [1.807, 2.05) is 23.0 Å². The molecule has 0 radical (unpaired) electrons. The van der Waals surface area contributed by atoms with Crippen LogP contribution in [0.3, 0.4) is 0 Å². The Balaban J connectivity index is 1.30. The maximum absolute atomic E-state index is 13.6. The number of pyridine rings is 1. The van der Waals surface area contributed by atoms with E-state index in [4.69, 9.17) is 28.3 Å². The average Bonchev–Trinajstić information content (AvgIpc) is 3.28. The van der Waals surface area contributed by atoms with E-state index >= 15 is 0 Å². The van der Waals surface area contributed by atoms with Gasteiger partial charge in [-0.05, 0) is 73.4 Å². The number of aromatic nitrogens is 3. The third kappa shape index (κ3) is 5.95. The zero-order valence-electron chi connectivity index (χ0n) is 19.9. The number of hydrogen-bond acceptors (Lipinski definition) is 4. The maximum Gasteiger partial charge on any atom is 0.255 e. The van der Waals surface area contributed by atoms with Crippen molar-refractivity contribution in [3.8, 4) is 28.1 Å². The highest BCUT2D eigenvalue weighted by molar-refractivity contribution is 6.50. The lowest BCUT2D eigenvalue weighted by Crippen LogP contribution is -2.24. The lowest BCUT2D eigenvalue weighted by Gasteiger charge is -2.08. The minimum absolute atomic E-state index is 0.0451. The monoisotopic (exact) mass is 538 g/mol. The van der Waals surface area contributed by atoms with Crippen molar-refractivity contribution in [3.63, 3.8) is 0 Å². The number of amides is 1. The highest BCUT2D eigenvalue weighted by atomic mass is 35.5. The molecule has 9 heteroatoms. The number of alkyl halides is 2. The second-order valence-electron chi connectivity index (χ2n) is 9.19. The van der Waals surface area contributed by atoms with Gasteiger partial charge < -0.3 is 10.4 Å². The first-order valence-corrected chi connectivity index (χ1v) is 12.8. The lowest BCUT2D eigenvalue weighted by atomic mass is 10.0. The molecule has 1 fully saturated rings. The number of carbonyl (C=O) groups is 1. The minimum Gasteiger partial charge on any atom is -0.507 e. The molecule has 0 bridgehead atoms. The number of aromatic hydroxyl groups is 1. The maximum atomic E-state index is 13.6. The summed E-state index contributed by atoms with van der Waals surface area (Å²) in [6, 6.07) is 16.6. The molecule has 2 aromatic heterocycles. The zero-order chi connectivity index (χ0) is 26.0. The molecule has 5 rings (SSSR count). The molecule has 0 aliphatic heterocycles.